The number of esters is 1. The summed E-state index contributed by atoms with van der Waals surface area (Å²) in [6.07, 6.45) is -0.984. The van der Waals surface area contributed by atoms with E-state index in [1.165, 1.54) is 19.1 Å². The maximum absolute atomic E-state index is 12.2. The Balaban J connectivity index is 1.53. The first-order valence-electron chi connectivity index (χ1n) is 8.71. The van der Waals surface area contributed by atoms with E-state index in [1.807, 2.05) is 0 Å². The van der Waals surface area contributed by atoms with Crippen LogP contribution in [0.4, 0.5) is 5.69 Å². The summed E-state index contributed by atoms with van der Waals surface area (Å²) in [7, 11) is 0. The van der Waals surface area contributed by atoms with Crippen LogP contribution in [0.25, 0.3) is 0 Å². The van der Waals surface area contributed by atoms with Crippen molar-refractivity contribution in [3.05, 3.63) is 53.6 Å². The van der Waals surface area contributed by atoms with Crippen molar-refractivity contribution in [2.24, 2.45) is 5.73 Å². The van der Waals surface area contributed by atoms with Crippen LogP contribution in [0.3, 0.4) is 0 Å². The van der Waals surface area contributed by atoms with Gasteiger partial charge in [-0.1, -0.05) is 6.07 Å². The predicted molar refractivity (Wildman–Crippen MR) is 100 cm³/mol. The normalized spacial score (nSPS) is 13.3. The first-order valence-corrected chi connectivity index (χ1v) is 8.71. The fourth-order valence-corrected chi connectivity index (χ4v) is 2.62. The molecule has 0 fully saturated rings. The van der Waals surface area contributed by atoms with Crippen LogP contribution in [-0.4, -0.2) is 37.1 Å². The second kappa shape index (κ2) is 8.43. The number of ether oxygens (including phenoxy) is 3. The minimum atomic E-state index is -0.986. The molecule has 1 atom stereocenters. The molecular weight excluding hydrogens is 364 g/mol. The highest BCUT2D eigenvalue weighted by atomic mass is 16.6. The molecular formula is C20H20N2O6. The summed E-state index contributed by atoms with van der Waals surface area (Å²) >= 11 is 0. The zero-order valence-corrected chi connectivity index (χ0v) is 15.3. The van der Waals surface area contributed by atoms with Crippen LogP contribution in [-0.2, 0) is 20.7 Å². The first-order chi connectivity index (χ1) is 13.4. The quantitative estimate of drug-likeness (QED) is 0.732. The minimum Gasteiger partial charge on any atom is -0.486 e. The van der Waals surface area contributed by atoms with Crippen molar-refractivity contribution in [1.82, 2.24) is 0 Å². The number of primary amides is 1. The molecule has 2 amide bonds. The summed E-state index contributed by atoms with van der Waals surface area (Å²) in [6.45, 7) is 2.43. The molecule has 3 rings (SSSR count). The molecule has 1 heterocycles. The van der Waals surface area contributed by atoms with Crippen LogP contribution in [0.2, 0.25) is 0 Å². The highest BCUT2D eigenvalue weighted by Crippen LogP contribution is 2.30. The number of hydrogen-bond donors (Lipinski definition) is 2. The summed E-state index contributed by atoms with van der Waals surface area (Å²) in [4.78, 5) is 35.4. The van der Waals surface area contributed by atoms with Crippen LogP contribution in [0.15, 0.2) is 42.5 Å². The average molecular weight is 384 g/mol. The number of hydrogen-bond acceptors (Lipinski definition) is 6. The van der Waals surface area contributed by atoms with Crippen molar-refractivity contribution in [2.45, 2.75) is 19.4 Å². The van der Waals surface area contributed by atoms with Gasteiger partial charge in [-0.25, -0.2) is 0 Å². The predicted octanol–water partition coefficient (Wildman–Crippen LogP) is 1.67. The largest absolute Gasteiger partial charge is 0.486 e. The monoisotopic (exact) mass is 384 g/mol. The lowest BCUT2D eigenvalue weighted by atomic mass is 10.1. The Morgan fingerprint density at radius 1 is 1.07 bits per heavy atom. The molecule has 0 aliphatic carbocycles. The Morgan fingerprint density at radius 3 is 2.43 bits per heavy atom. The second-order valence-corrected chi connectivity index (χ2v) is 6.22. The molecule has 1 aliphatic heterocycles. The van der Waals surface area contributed by atoms with Gasteiger partial charge in [-0.15, -0.1) is 0 Å². The lowest BCUT2D eigenvalue weighted by molar-refractivity contribution is -0.152. The van der Waals surface area contributed by atoms with Crippen molar-refractivity contribution < 1.29 is 28.6 Å². The second-order valence-electron chi connectivity index (χ2n) is 6.22. The van der Waals surface area contributed by atoms with Crippen molar-refractivity contribution >= 4 is 23.5 Å². The van der Waals surface area contributed by atoms with E-state index in [4.69, 9.17) is 19.9 Å². The smallest absolute Gasteiger partial charge is 0.311 e. The molecule has 3 N–H and O–H groups in total. The van der Waals surface area contributed by atoms with Crippen molar-refractivity contribution in [2.75, 3.05) is 18.5 Å². The van der Waals surface area contributed by atoms with Gasteiger partial charge in [0.15, 0.2) is 17.6 Å². The number of anilines is 1. The number of carbonyl (C=O) groups excluding carboxylic acids is 3. The molecule has 2 aromatic carbocycles. The van der Waals surface area contributed by atoms with Gasteiger partial charge in [-0.2, -0.15) is 0 Å². The molecule has 2 aromatic rings. The maximum Gasteiger partial charge on any atom is 0.311 e. The van der Waals surface area contributed by atoms with Crippen LogP contribution in [0.1, 0.15) is 22.8 Å². The molecule has 0 aromatic heterocycles. The third-order valence-electron chi connectivity index (χ3n) is 4.07. The topological polar surface area (TPSA) is 117 Å². The molecule has 0 saturated carbocycles. The Morgan fingerprint density at radius 2 is 1.75 bits per heavy atom. The van der Waals surface area contributed by atoms with Gasteiger partial charge in [0.2, 0.25) is 5.91 Å². The van der Waals surface area contributed by atoms with E-state index in [-0.39, 0.29) is 6.42 Å². The molecule has 0 bridgehead atoms. The van der Waals surface area contributed by atoms with Crippen molar-refractivity contribution in [1.29, 1.82) is 0 Å². The number of benzene rings is 2. The van der Waals surface area contributed by atoms with Gasteiger partial charge in [0.25, 0.3) is 5.91 Å². The zero-order chi connectivity index (χ0) is 20.1. The first kappa shape index (κ1) is 19.2. The van der Waals surface area contributed by atoms with Crippen LogP contribution in [0.5, 0.6) is 11.5 Å². The molecule has 146 valence electrons. The number of amides is 2. The third-order valence-corrected chi connectivity index (χ3v) is 4.07. The molecule has 8 nitrogen and oxygen atoms in total. The molecule has 8 heteroatoms. The lowest BCUT2D eigenvalue weighted by Gasteiger charge is -2.19. The number of carbonyl (C=O) groups is 3. The molecule has 0 spiro atoms. The highest BCUT2D eigenvalue weighted by Gasteiger charge is 2.19. The third kappa shape index (κ3) is 4.79. The fraction of sp³-hybridized carbons (Fsp3) is 0.250. The van der Waals surface area contributed by atoms with E-state index in [0.29, 0.717) is 41.5 Å². The molecule has 1 aliphatic rings. The van der Waals surface area contributed by atoms with Gasteiger partial charge in [0.1, 0.15) is 13.2 Å². The van der Waals surface area contributed by atoms with Crippen LogP contribution >= 0.6 is 0 Å². The number of nitrogens with two attached hydrogens (primary N) is 1. The summed E-state index contributed by atoms with van der Waals surface area (Å²) < 4.78 is 16.1. The van der Waals surface area contributed by atoms with E-state index < -0.39 is 23.9 Å². The Labute approximate surface area is 161 Å². The molecule has 28 heavy (non-hydrogen) atoms. The van der Waals surface area contributed by atoms with Gasteiger partial charge in [-0.05, 0) is 48.9 Å². The summed E-state index contributed by atoms with van der Waals surface area (Å²) in [6, 6.07) is 11.3. The van der Waals surface area contributed by atoms with E-state index in [9.17, 15) is 14.4 Å². The van der Waals surface area contributed by atoms with E-state index in [2.05, 4.69) is 5.32 Å². The van der Waals surface area contributed by atoms with Gasteiger partial charge in [-0.3, -0.25) is 14.4 Å². The van der Waals surface area contributed by atoms with Crippen LogP contribution < -0.4 is 20.5 Å². The SMILES string of the molecule is C[C@@H](OC(=O)Cc1ccc2c(c1)OCCO2)C(=O)Nc1ccc(C(N)=O)cc1. The van der Waals surface area contributed by atoms with Crippen molar-refractivity contribution in [3.8, 4) is 11.5 Å². The van der Waals surface area contributed by atoms with E-state index in [1.54, 1.807) is 30.3 Å². The van der Waals surface area contributed by atoms with Gasteiger partial charge in [0.05, 0.1) is 6.42 Å². The van der Waals surface area contributed by atoms with Gasteiger partial charge >= 0.3 is 5.97 Å². The fourth-order valence-electron chi connectivity index (χ4n) is 2.62. The average Bonchev–Trinajstić information content (AvgIpc) is 2.68. The van der Waals surface area contributed by atoms with E-state index in [0.717, 1.165) is 0 Å². The number of rotatable bonds is 6. The van der Waals surface area contributed by atoms with Gasteiger partial charge in [0, 0.05) is 11.3 Å². The standard InChI is InChI=1S/C20H20N2O6/c1-12(20(25)22-15-5-3-14(4-6-15)19(21)24)28-18(23)11-13-2-7-16-17(10-13)27-9-8-26-16/h2-7,10,12H,8-9,11H2,1H3,(H2,21,24)(H,22,25)/t12-/m1/s1. The van der Waals surface area contributed by atoms with Gasteiger partial charge < -0.3 is 25.3 Å². The summed E-state index contributed by atoms with van der Waals surface area (Å²) in [5.74, 6) is -0.356. The molecule has 0 radical (unpaired) electrons. The highest BCUT2D eigenvalue weighted by molar-refractivity contribution is 5.96. The number of fused-ring (bicyclic) bond motifs is 1. The van der Waals surface area contributed by atoms with Crippen LogP contribution in [0, 0.1) is 0 Å². The summed E-state index contributed by atoms with van der Waals surface area (Å²) in [5.41, 5.74) is 6.66. The molecule has 0 saturated heterocycles. The molecule has 0 unspecified atom stereocenters. The van der Waals surface area contributed by atoms with Crippen molar-refractivity contribution in [3.63, 3.8) is 0 Å². The lowest BCUT2D eigenvalue weighted by Crippen LogP contribution is -2.30. The Bertz CT molecular complexity index is 894. The van der Waals surface area contributed by atoms with E-state index >= 15 is 0 Å². The number of nitrogens with one attached hydrogen (secondary N) is 1. The summed E-state index contributed by atoms with van der Waals surface area (Å²) in [5, 5.41) is 2.61. The maximum atomic E-state index is 12.2. The Kier molecular flexibility index (Phi) is 5.78. The zero-order valence-electron chi connectivity index (χ0n) is 15.3. The minimum absolute atomic E-state index is 0.00156. The Hall–Kier alpha value is -3.55.